The van der Waals surface area contributed by atoms with Crippen molar-refractivity contribution in [3.8, 4) is 0 Å². The molecule has 1 saturated carbocycles. The Kier molecular flexibility index (Phi) is 4.59. The summed E-state index contributed by atoms with van der Waals surface area (Å²) in [6, 6.07) is 0. The lowest BCUT2D eigenvalue weighted by molar-refractivity contribution is -0.577. The zero-order valence-corrected chi connectivity index (χ0v) is 15.1. The number of hydrogen-bond donors (Lipinski definition) is 1. The molecule has 4 heterocycles. The van der Waals surface area contributed by atoms with Crippen LogP contribution in [0, 0.1) is 23.7 Å². The van der Waals surface area contributed by atoms with Crippen molar-refractivity contribution in [1.29, 1.82) is 0 Å². The van der Waals surface area contributed by atoms with Crippen LogP contribution in [0.5, 0.6) is 0 Å². The van der Waals surface area contributed by atoms with Crippen molar-refractivity contribution in [2.24, 2.45) is 23.7 Å². The zero-order valence-electron chi connectivity index (χ0n) is 15.1. The van der Waals surface area contributed by atoms with E-state index >= 15 is 0 Å². The first-order chi connectivity index (χ1) is 12.1. The standard InChI is InChI=1S/C18H27F3O5/c1-10-5-6-13-11(4-3-8-17(19,20)21)14(22)23-15-18(13)12(10)7-9-16(2,24-15)25-26-18/h10-15,22H,3-9H2,1-2H3/t10-,11-,12+,13+,14?,15?,16+,18-/m1/s1. The number of aliphatic hydroxyl groups excluding tert-OH is 1. The summed E-state index contributed by atoms with van der Waals surface area (Å²) < 4.78 is 49.5. The lowest BCUT2D eigenvalue weighted by Gasteiger charge is -2.60. The summed E-state index contributed by atoms with van der Waals surface area (Å²) in [5, 5.41) is 10.5. The van der Waals surface area contributed by atoms with Crippen molar-refractivity contribution < 1.29 is 37.5 Å². The minimum absolute atomic E-state index is 0.0362. The molecule has 8 atom stereocenters. The fourth-order valence-electron chi connectivity index (χ4n) is 5.62. The molecule has 5 aliphatic rings. The lowest BCUT2D eigenvalue weighted by Crippen LogP contribution is -2.70. The van der Waals surface area contributed by atoms with Crippen LogP contribution in [0.2, 0.25) is 0 Å². The molecule has 2 bridgehead atoms. The maximum Gasteiger partial charge on any atom is 0.389 e. The van der Waals surface area contributed by atoms with E-state index in [2.05, 4.69) is 6.92 Å². The highest BCUT2D eigenvalue weighted by Gasteiger charge is 2.69. The monoisotopic (exact) mass is 380 g/mol. The molecule has 26 heavy (non-hydrogen) atoms. The van der Waals surface area contributed by atoms with E-state index in [9.17, 15) is 18.3 Å². The maximum atomic E-state index is 12.6. The highest BCUT2D eigenvalue weighted by atomic mass is 19.4. The third-order valence-corrected chi connectivity index (χ3v) is 6.92. The molecule has 1 N–H and O–H groups in total. The Morgan fingerprint density at radius 1 is 1.12 bits per heavy atom. The fourth-order valence-corrected chi connectivity index (χ4v) is 5.62. The second kappa shape index (κ2) is 6.30. The van der Waals surface area contributed by atoms with Crippen molar-refractivity contribution in [2.75, 3.05) is 0 Å². The number of fused-ring (bicyclic) bond motifs is 2. The molecule has 2 unspecified atom stereocenters. The van der Waals surface area contributed by atoms with Crippen molar-refractivity contribution in [3.05, 3.63) is 0 Å². The molecule has 0 radical (unpaired) electrons. The Balaban J connectivity index is 1.61. The summed E-state index contributed by atoms with van der Waals surface area (Å²) in [5.41, 5.74) is -0.851. The van der Waals surface area contributed by atoms with Gasteiger partial charge in [0.2, 0.25) is 5.79 Å². The average molecular weight is 380 g/mol. The van der Waals surface area contributed by atoms with E-state index in [1.54, 1.807) is 6.92 Å². The van der Waals surface area contributed by atoms with E-state index in [1.165, 1.54) is 0 Å². The number of hydrogen-bond acceptors (Lipinski definition) is 5. The predicted molar refractivity (Wildman–Crippen MR) is 83.3 cm³/mol. The van der Waals surface area contributed by atoms with Crippen LogP contribution in [0.3, 0.4) is 0 Å². The smallest absolute Gasteiger partial charge is 0.368 e. The number of ether oxygens (including phenoxy) is 2. The van der Waals surface area contributed by atoms with Gasteiger partial charge in [-0.3, -0.25) is 0 Å². The molecule has 5 nitrogen and oxygen atoms in total. The van der Waals surface area contributed by atoms with Gasteiger partial charge in [0.15, 0.2) is 18.2 Å². The van der Waals surface area contributed by atoms with Gasteiger partial charge in [0.1, 0.15) is 0 Å². The summed E-state index contributed by atoms with van der Waals surface area (Å²) in [5.74, 6) is -0.976. The largest absolute Gasteiger partial charge is 0.389 e. The van der Waals surface area contributed by atoms with Gasteiger partial charge in [-0.15, -0.1) is 0 Å². The van der Waals surface area contributed by atoms with Crippen LogP contribution in [0.15, 0.2) is 0 Å². The van der Waals surface area contributed by atoms with Crippen molar-refractivity contribution in [1.82, 2.24) is 0 Å². The van der Waals surface area contributed by atoms with E-state index in [0.29, 0.717) is 12.3 Å². The third-order valence-electron chi connectivity index (χ3n) is 6.92. The van der Waals surface area contributed by atoms with Crippen LogP contribution in [-0.2, 0) is 19.2 Å². The van der Waals surface area contributed by atoms with Crippen molar-refractivity contribution in [3.63, 3.8) is 0 Å². The minimum Gasteiger partial charge on any atom is -0.368 e. The summed E-state index contributed by atoms with van der Waals surface area (Å²) in [4.78, 5) is 11.6. The Morgan fingerprint density at radius 3 is 2.62 bits per heavy atom. The SMILES string of the molecule is C[C@@H]1CC[C@H]2[C@@H](CCCC(F)(F)F)C(O)OC3O[C@]4(C)CC[C@@H]1[C@]32OO4. The number of alkyl halides is 3. The molecule has 8 heteroatoms. The van der Waals surface area contributed by atoms with Crippen molar-refractivity contribution >= 4 is 0 Å². The average Bonchev–Trinajstić information content (AvgIpc) is 2.76. The zero-order chi connectivity index (χ0) is 18.7. The van der Waals surface area contributed by atoms with Gasteiger partial charge in [-0.25, -0.2) is 9.78 Å². The van der Waals surface area contributed by atoms with E-state index < -0.39 is 42.5 Å². The van der Waals surface area contributed by atoms with Crippen LogP contribution in [0.4, 0.5) is 13.2 Å². The Bertz CT molecular complexity index is 543. The number of aliphatic hydroxyl groups is 1. The predicted octanol–water partition coefficient (Wildman–Crippen LogP) is 3.90. The molecule has 0 aromatic rings. The van der Waals surface area contributed by atoms with Crippen LogP contribution in [0.25, 0.3) is 0 Å². The summed E-state index contributed by atoms with van der Waals surface area (Å²) >= 11 is 0. The molecule has 0 amide bonds. The molecule has 4 aliphatic heterocycles. The number of rotatable bonds is 3. The molecule has 150 valence electrons. The van der Waals surface area contributed by atoms with E-state index in [1.807, 2.05) is 0 Å². The van der Waals surface area contributed by atoms with Crippen LogP contribution >= 0.6 is 0 Å². The summed E-state index contributed by atoms with van der Waals surface area (Å²) in [6.45, 7) is 3.96. The second-order valence-electron chi connectivity index (χ2n) is 8.61. The molecule has 0 aromatic carbocycles. The Hall–Kier alpha value is -0.410. The molecular formula is C18H27F3O5. The van der Waals surface area contributed by atoms with Crippen LogP contribution in [-0.4, -0.2) is 35.3 Å². The van der Waals surface area contributed by atoms with Crippen molar-refractivity contribution in [2.45, 2.75) is 88.9 Å². The Morgan fingerprint density at radius 2 is 1.88 bits per heavy atom. The van der Waals surface area contributed by atoms with E-state index in [-0.39, 0.29) is 24.7 Å². The molecule has 0 aromatic heterocycles. The van der Waals surface area contributed by atoms with Gasteiger partial charge in [0.05, 0.1) is 0 Å². The van der Waals surface area contributed by atoms with Gasteiger partial charge >= 0.3 is 6.18 Å². The quantitative estimate of drug-likeness (QED) is 0.753. The van der Waals surface area contributed by atoms with Gasteiger partial charge in [0.25, 0.3) is 0 Å². The normalized spacial score (nSPS) is 51.0. The molecule has 1 spiro atoms. The van der Waals surface area contributed by atoms with Gasteiger partial charge < -0.3 is 14.6 Å². The second-order valence-corrected chi connectivity index (χ2v) is 8.61. The highest BCUT2D eigenvalue weighted by Crippen LogP contribution is 2.61. The third kappa shape index (κ3) is 2.98. The topological polar surface area (TPSA) is 57.2 Å². The molecule has 4 saturated heterocycles. The molecule has 5 fully saturated rings. The van der Waals surface area contributed by atoms with Gasteiger partial charge in [0, 0.05) is 24.7 Å². The minimum atomic E-state index is -4.19. The Labute approximate surface area is 151 Å². The fraction of sp³-hybridized carbons (Fsp3) is 1.00. The van der Waals surface area contributed by atoms with Crippen LogP contribution < -0.4 is 0 Å². The summed E-state index contributed by atoms with van der Waals surface area (Å²) in [6.07, 6.45) is -3.54. The first-order valence-corrected chi connectivity index (χ1v) is 9.59. The van der Waals surface area contributed by atoms with Gasteiger partial charge in [-0.1, -0.05) is 6.92 Å². The van der Waals surface area contributed by atoms with Gasteiger partial charge in [-0.05, 0) is 50.9 Å². The van der Waals surface area contributed by atoms with Gasteiger partial charge in [-0.2, -0.15) is 13.2 Å². The van der Waals surface area contributed by atoms with Crippen LogP contribution in [0.1, 0.15) is 58.8 Å². The molecule has 5 rings (SSSR count). The molecule has 1 aliphatic carbocycles. The highest BCUT2D eigenvalue weighted by molar-refractivity contribution is 5.09. The van der Waals surface area contributed by atoms with E-state index in [4.69, 9.17) is 19.2 Å². The lowest BCUT2D eigenvalue weighted by atomic mass is 9.57. The summed E-state index contributed by atoms with van der Waals surface area (Å²) in [7, 11) is 0. The first kappa shape index (κ1) is 18.9. The maximum absolute atomic E-state index is 12.6. The number of halogens is 3. The first-order valence-electron chi connectivity index (χ1n) is 9.59. The molecular weight excluding hydrogens is 353 g/mol. The van der Waals surface area contributed by atoms with E-state index in [0.717, 1.165) is 19.3 Å².